The second-order valence-electron chi connectivity index (χ2n) is 11.0. The summed E-state index contributed by atoms with van der Waals surface area (Å²) in [5.41, 5.74) is 2.63. The fourth-order valence-electron chi connectivity index (χ4n) is 3.92. The van der Waals surface area contributed by atoms with Gasteiger partial charge < -0.3 is 15.7 Å². The molecule has 8 nitrogen and oxygen atoms in total. The van der Waals surface area contributed by atoms with Crippen molar-refractivity contribution in [3.63, 3.8) is 0 Å². The van der Waals surface area contributed by atoms with Gasteiger partial charge in [-0.1, -0.05) is 56.9 Å². The number of carboxylic acids is 1. The van der Waals surface area contributed by atoms with Crippen molar-refractivity contribution in [3.05, 3.63) is 105 Å². The number of carbonyl (C=O) groups is 3. The summed E-state index contributed by atoms with van der Waals surface area (Å²) in [4.78, 5) is 47.7. The van der Waals surface area contributed by atoms with Crippen LogP contribution in [0.5, 0.6) is 0 Å². The van der Waals surface area contributed by atoms with Crippen LogP contribution in [-0.4, -0.2) is 44.9 Å². The minimum Gasteiger partial charge on any atom is -0.480 e. The van der Waals surface area contributed by atoms with Crippen LogP contribution >= 0.6 is 11.3 Å². The lowest BCUT2D eigenvalue weighted by molar-refractivity contribution is -0.141. The fraction of sp³-hybridized carbons (Fsp3) is 0.242. The van der Waals surface area contributed by atoms with E-state index < -0.39 is 29.9 Å². The summed E-state index contributed by atoms with van der Waals surface area (Å²) in [6, 6.07) is 14.6. The Morgan fingerprint density at radius 3 is 2.12 bits per heavy atom. The van der Waals surface area contributed by atoms with E-state index in [1.54, 1.807) is 54.9 Å². The Kier molecular flexibility index (Phi) is 9.68. The van der Waals surface area contributed by atoms with Crippen LogP contribution in [0.3, 0.4) is 0 Å². The van der Waals surface area contributed by atoms with Crippen molar-refractivity contribution in [1.82, 2.24) is 20.6 Å². The molecule has 0 unspecified atom stereocenters. The third-order valence-corrected chi connectivity index (χ3v) is 7.93. The van der Waals surface area contributed by atoms with Gasteiger partial charge in [-0.05, 0) is 54.3 Å². The number of halogens is 1. The first-order valence-electron chi connectivity index (χ1n) is 13.5. The zero-order valence-corrected chi connectivity index (χ0v) is 25.0. The highest BCUT2D eigenvalue weighted by Crippen LogP contribution is 2.29. The molecule has 220 valence electrons. The van der Waals surface area contributed by atoms with Crippen LogP contribution in [-0.2, 0) is 21.4 Å². The minimum atomic E-state index is -1.18. The monoisotopic (exact) mass is 598 g/mol. The quantitative estimate of drug-likeness (QED) is 0.246. The number of carbonyl (C=O) groups excluding carboxylic acids is 2. The Morgan fingerprint density at radius 2 is 1.53 bits per heavy atom. The van der Waals surface area contributed by atoms with Gasteiger partial charge in [-0.25, -0.2) is 14.4 Å². The Labute approximate surface area is 253 Å². The maximum atomic E-state index is 13.1. The summed E-state index contributed by atoms with van der Waals surface area (Å²) in [5.74, 6) is 3.86. The fourth-order valence-corrected chi connectivity index (χ4v) is 4.89. The first-order valence-corrected chi connectivity index (χ1v) is 14.3. The van der Waals surface area contributed by atoms with Crippen LogP contribution < -0.4 is 10.6 Å². The molecule has 2 aromatic carbocycles. The summed E-state index contributed by atoms with van der Waals surface area (Å²) in [6.45, 7) is 7.52. The predicted octanol–water partition coefficient (Wildman–Crippen LogP) is 4.97. The van der Waals surface area contributed by atoms with Crippen LogP contribution in [0.15, 0.2) is 73.1 Å². The van der Waals surface area contributed by atoms with Gasteiger partial charge >= 0.3 is 5.97 Å². The SMILES string of the molecule is C[C@@H](NC(=O)[C@H](Cc1ccc(-c2ncc(C#Cc3ccc(F)cc3)cn2)cc1)NC(=O)c1ccc(C(C)(C)C)s1)C(=O)O. The molecule has 4 rings (SSSR count). The van der Waals surface area contributed by atoms with Crippen molar-refractivity contribution in [2.45, 2.75) is 51.6 Å². The average molecular weight is 599 g/mol. The smallest absolute Gasteiger partial charge is 0.325 e. The number of hydrogen-bond donors (Lipinski definition) is 3. The molecule has 0 fully saturated rings. The Morgan fingerprint density at radius 1 is 0.907 bits per heavy atom. The Hall–Kier alpha value is -4.88. The van der Waals surface area contributed by atoms with E-state index in [-0.39, 0.29) is 17.7 Å². The molecule has 2 aromatic heterocycles. The van der Waals surface area contributed by atoms with E-state index in [0.29, 0.717) is 21.8 Å². The van der Waals surface area contributed by atoms with Gasteiger partial charge in [0.1, 0.15) is 17.9 Å². The normalized spacial score (nSPS) is 12.4. The second kappa shape index (κ2) is 13.4. The molecular formula is C33H31FN4O4S. The van der Waals surface area contributed by atoms with Gasteiger partial charge in [-0.2, -0.15) is 0 Å². The number of nitrogens with one attached hydrogen (secondary N) is 2. The predicted molar refractivity (Wildman–Crippen MR) is 163 cm³/mol. The van der Waals surface area contributed by atoms with Gasteiger partial charge in [-0.3, -0.25) is 14.4 Å². The molecule has 0 radical (unpaired) electrons. The molecule has 2 atom stereocenters. The molecule has 0 saturated heterocycles. The van der Waals surface area contributed by atoms with Crippen molar-refractivity contribution in [3.8, 4) is 23.2 Å². The molecule has 2 heterocycles. The van der Waals surface area contributed by atoms with Gasteiger partial charge in [0.15, 0.2) is 5.82 Å². The van der Waals surface area contributed by atoms with Gasteiger partial charge in [0, 0.05) is 34.8 Å². The Balaban J connectivity index is 1.47. The average Bonchev–Trinajstić information content (AvgIpc) is 3.49. The third-order valence-electron chi connectivity index (χ3n) is 6.42. The van der Waals surface area contributed by atoms with Crippen LogP contribution in [0.4, 0.5) is 4.39 Å². The molecule has 3 N–H and O–H groups in total. The lowest BCUT2D eigenvalue weighted by Crippen LogP contribution is -2.51. The molecule has 0 aliphatic carbocycles. The number of benzene rings is 2. The van der Waals surface area contributed by atoms with Gasteiger partial charge in [-0.15, -0.1) is 11.3 Å². The molecule has 43 heavy (non-hydrogen) atoms. The van der Waals surface area contributed by atoms with Crippen molar-refractivity contribution < 1.29 is 23.9 Å². The largest absolute Gasteiger partial charge is 0.480 e. The number of nitrogens with zero attached hydrogens (tertiary/aromatic N) is 2. The summed E-state index contributed by atoms with van der Waals surface area (Å²) < 4.78 is 13.1. The number of carboxylic acid groups (broad SMARTS) is 1. The maximum Gasteiger partial charge on any atom is 0.325 e. The second-order valence-corrected chi connectivity index (χ2v) is 12.0. The van der Waals surface area contributed by atoms with E-state index in [4.69, 9.17) is 0 Å². The summed E-state index contributed by atoms with van der Waals surface area (Å²) >= 11 is 1.36. The number of thiophene rings is 1. The molecule has 2 amide bonds. The van der Waals surface area contributed by atoms with Gasteiger partial charge in [0.25, 0.3) is 5.91 Å². The lowest BCUT2D eigenvalue weighted by atomic mass is 9.95. The third kappa shape index (κ3) is 8.56. The Bertz CT molecular complexity index is 1670. The number of aliphatic carboxylic acids is 1. The summed E-state index contributed by atoms with van der Waals surface area (Å²) in [7, 11) is 0. The molecule has 10 heteroatoms. The molecule has 4 aromatic rings. The van der Waals surface area contributed by atoms with Crippen molar-refractivity contribution >= 4 is 29.1 Å². The first kappa shape index (κ1) is 31.1. The van der Waals surface area contributed by atoms with E-state index in [0.717, 1.165) is 16.0 Å². The van der Waals surface area contributed by atoms with E-state index >= 15 is 0 Å². The highest BCUT2D eigenvalue weighted by Gasteiger charge is 2.26. The first-order chi connectivity index (χ1) is 20.4. The number of aromatic nitrogens is 2. The van der Waals surface area contributed by atoms with E-state index in [1.165, 1.54) is 30.4 Å². The number of hydrogen-bond acceptors (Lipinski definition) is 6. The lowest BCUT2D eigenvalue weighted by Gasteiger charge is -2.20. The van der Waals surface area contributed by atoms with E-state index in [1.807, 2.05) is 6.07 Å². The highest BCUT2D eigenvalue weighted by atomic mass is 32.1. The zero-order valence-electron chi connectivity index (χ0n) is 24.1. The number of amides is 2. The molecule has 0 saturated carbocycles. The maximum absolute atomic E-state index is 13.1. The highest BCUT2D eigenvalue weighted by molar-refractivity contribution is 7.14. The van der Waals surface area contributed by atoms with Gasteiger partial charge in [0.2, 0.25) is 5.91 Å². The molecule has 0 aliphatic rings. The molecular weight excluding hydrogens is 567 g/mol. The van der Waals surface area contributed by atoms with E-state index in [2.05, 4.69) is 53.2 Å². The van der Waals surface area contributed by atoms with Crippen molar-refractivity contribution in [2.75, 3.05) is 0 Å². The van der Waals surface area contributed by atoms with Crippen molar-refractivity contribution in [2.24, 2.45) is 0 Å². The topological polar surface area (TPSA) is 121 Å². The van der Waals surface area contributed by atoms with Crippen LogP contribution in [0.25, 0.3) is 11.4 Å². The summed E-state index contributed by atoms with van der Waals surface area (Å²) in [5, 5.41) is 14.5. The standard InChI is InChI=1S/C33H31FN4O4S/c1-20(32(41)42)37-30(39)26(38-31(40)27-15-16-28(43-27)33(2,3)4)17-22-7-11-24(12-8-22)29-35-18-23(19-36-29)6-5-21-9-13-25(34)14-10-21/h7-16,18-20,26H,17H2,1-4H3,(H,37,39)(H,38,40)(H,41,42)/t20-,26+/m1/s1. The molecule has 0 spiro atoms. The van der Waals surface area contributed by atoms with Crippen LogP contribution in [0, 0.1) is 17.7 Å². The van der Waals surface area contributed by atoms with Crippen LogP contribution in [0.2, 0.25) is 0 Å². The number of rotatable bonds is 8. The van der Waals surface area contributed by atoms with Gasteiger partial charge in [0.05, 0.1) is 10.4 Å². The summed E-state index contributed by atoms with van der Waals surface area (Å²) in [6.07, 6.45) is 3.34. The van der Waals surface area contributed by atoms with Crippen LogP contribution in [0.1, 0.15) is 58.9 Å². The van der Waals surface area contributed by atoms with Crippen molar-refractivity contribution in [1.29, 1.82) is 0 Å². The zero-order chi connectivity index (χ0) is 31.1. The molecule has 0 bridgehead atoms. The minimum absolute atomic E-state index is 0.125. The molecule has 0 aliphatic heterocycles. The van der Waals surface area contributed by atoms with E-state index in [9.17, 15) is 23.9 Å².